The molecular formula is C22H17FN4O. The summed E-state index contributed by atoms with van der Waals surface area (Å²) in [5.74, 6) is -0.0560. The predicted molar refractivity (Wildman–Crippen MR) is 106 cm³/mol. The summed E-state index contributed by atoms with van der Waals surface area (Å²) in [5, 5.41) is 3.27. The van der Waals surface area contributed by atoms with Crippen molar-refractivity contribution in [2.24, 2.45) is 5.92 Å². The molecule has 1 aromatic carbocycles. The Labute approximate surface area is 160 Å². The van der Waals surface area contributed by atoms with Crippen molar-refractivity contribution in [3.63, 3.8) is 0 Å². The normalized spacial score (nSPS) is 20.1. The second-order valence-electron chi connectivity index (χ2n) is 6.96. The van der Waals surface area contributed by atoms with Gasteiger partial charge in [-0.3, -0.25) is 9.36 Å². The fourth-order valence-electron chi connectivity index (χ4n) is 3.65. The highest BCUT2D eigenvalue weighted by molar-refractivity contribution is 5.76. The van der Waals surface area contributed by atoms with Crippen LogP contribution in [0.5, 0.6) is 0 Å². The van der Waals surface area contributed by atoms with E-state index >= 15 is 0 Å². The largest absolute Gasteiger partial charge is 0.384 e. The van der Waals surface area contributed by atoms with E-state index in [-0.39, 0.29) is 35.4 Å². The van der Waals surface area contributed by atoms with Crippen LogP contribution in [0.2, 0.25) is 0 Å². The second-order valence-corrected chi connectivity index (χ2v) is 6.96. The molecule has 1 N–H and O–H groups in total. The molecule has 1 aliphatic heterocycles. The van der Waals surface area contributed by atoms with Gasteiger partial charge in [-0.15, -0.1) is 0 Å². The second kappa shape index (κ2) is 6.56. The minimum atomic E-state index is -0.345. The molecule has 0 amide bonds. The number of nitrogens with zero attached hydrogens (tertiary/aromatic N) is 3. The van der Waals surface area contributed by atoms with E-state index in [9.17, 15) is 9.18 Å². The molecule has 2 aliphatic rings. The zero-order chi connectivity index (χ0) is 19.1. The van der Waals surface area contributed by atoms with Crippen LogP contribution < -0.4 is 10.9 Å². The number of halogens is 1. The first-order valence-corrected chi connectivity index (χ1v) is 9.11. The zero-order valence-corrected chi connectivity index (χ0v) is 14.9. The highest BCUT2D eigenvalue weighted by Crippen LogP contribution is 2.29. The third kappa shape index (κ3) is 2.83. The molecule has 138 valence electrons. The number of allylic oxidation sites excluding steroid dienone is 2. The van der Waals surface area contributed by atoms with Gasteiger partial charge in [0.25, 0.3) is 5.56 Å². The number of rotatable bonds is 3. The minimum Gasteiger partial charge on any atom is -0.384 e. The Hall–Kier alpha value is -3.54. The van der Waals surface area contributed by atoms with Gasteiger partial charge in [0.1, 0.15) is 5.82 Å². The van der Waals surface area contributed by atoms with Crippen molar-refractivity contribution in [3.8, 4) is 0 Å². The molecule has 3 aromatic rings. The zero-order valence-electron chi connectivity index (χ0n) is 14.9. The molecule has 1 aliphatic carbocycles. The van der Waals surface area contributed by atoms with Crippen LogP contribution >= 0.6 is 0 Å². The number of hydrogen-bond donors (Lipinski definition) is 1. The van der Waals surface area contributed by atoms with Crippen molar-refractivity contribution in [2.75, 3.05) is 0 Å². The number of fused-ring (bicyclic) bond motifs is 2. The molecule has 6 heteroatoms. The first-order valence-electron chi connectivity index (χ1n) is 9.11. The molecule has 0 bridgehead atoms. The Balaban J connectivity index is 1.45. The van der Waals surface area contributed by atoms with E-state index in [4.69, 9.17) is 0 Å². The summed E-state index contributed by atoms with van der Waals surface area (Å²) < 4.78 is 16.2. The van der Waals surface area contributed by atoms with Crippen LogP contribution in [0.15, 0.2) is 78.2 Å². The molecule has 3 heterocycles. The number of aromatic nitrogens is 3. The summed E-state index contributed by atoms with van der Waals surface area (Å²) in [5.41, 5.74) is 2.79. The maximum atomic E-state index is 14.8. The average Bonchev–Trinajstić information content (AvgIpc) is 3.19. The van der Waals surface area contributed by atoms with E-state index in [1.807, 2.05) is 18.3 Å². The Bertz CT molecular complexity index is 1220. The van der Waals surface area contributed by atoms with Gasteiger partial charge in [0.05, 0.1) is 24.4 Å². The summed E-state index contributed by atoms with van der Waals surface area (Å²) in [6.07, 6.45) is 13.3. The molecule has 2 unspecified atom stereocenters. The van der Waals surface area contributed by atoms with Gasteiger partial charge in [0.2, 0.25) is 0 Å². The Morgan fingerprint density at radius 3 is 3.00 bits per heavy atom. The highest BCUT2D eigenvalue weighted by Gasteiger charge is 2.22. The molecule has 5 rings (SSSR count). The van der Waals surface area contributed by atoms with E-state index in [0.717, 1.165) is 11.1 Å². The van der Waals surface area contributed by atoms with E-state index in [1.165, 1.54) is 17.0 Å². The van der Waals surface area contributed by atoms with Crippen LogP contribution in [0.4, 0.5) is 4.39 Å². The lowest BCUT2D eigenvalue weighted by atomic mass is 9.90. The number of nitrogens with one attached hydrogen (secondary N) is 1. The molecule has 0 saturated carbocycles. The van der Waals surface area contributed by atoms with Crippen molar-refractivity contribution in [1.82, 2.24) is 19.9 Å². The molecule has 0 radical (unpaired) electrons. The van der Waals surface area contributed by atoms with Crippen molar-refractivity contribution in [2.45, 2.75) is 12.6 Å². The maximum Gasteiger partial charge on any atom is 0.280 e. The van der Waals surface area contributed by atoms with Gasteiger partial charge in [-0.25, -0.2) is 14.4 Å². The molecule has 0 saturated heterocycles. The van der Waals surface area contributed by atoms with Crippen LogP contribution in [0.25, 0.3) is 16.6 Å². The average molecular weight is 372 g/mol. The summed E-state index contributed by atoms with van der Waals surface area (Å²) >= 11 is 0. The standard InChI is InChI=1S/C22H17FN4O/c23-18-11-15(14-5-6-19-16(10-14)7-9-24-19)3-4-17(18)12-27-13-26-20-2-1-8-25-21(20)22(27)28/h1-11,13,16,19,24H,12H2. The quantitative estimate of drug-likeness (QED) is 0.768. The minimum absolute atomic E-state index is 0.108. The first-order chi connectivity index (χ1) is 13.7. The topological polar surface area (TPSA) is 59.8 Å². The lowest BCUT2D eigenvalue weighted by Crippen LogP contribution is -2.24. The summed E-state index contributed by atoms with van der Waals surface area (Å²) in [6, 6.07) is 8.88. The summed E-state index contributed by atoms with van der Waals surface area (Å²) in [7, 11) is 0. The third-order valence-corrected chi connectivity index (χ3v) is 5.19. The van der Waals surface area contributed by atoms with Gasteiger partial charge >= 0.3 is 0 Å². The molecule has 0 fully saturated rings. The highest BCUT2D eigenvalue weighted by atomic mass is 19.1. The van der Waals surface area contributed by atoms with E-state index < -0.39 is 0 Å². The summed E-state index contributed by atoms with van der Waals surface area (Å²) in [6.45, 7) is 0.108. The molecule has 0 spiro atoms. The smallest absolute Gasteiger partial charge is 0.280 e. The molecule has 5 nitrogen and oxygen atoms in total. The van der Waals surface area contributed by atoms with Crippen LogP contribution in [0.3, 0.4) is 0 Å². The predicted octanol–water partition coefficient (Wildman–Crippen LogP) is 3.03. The van der Waals surface area contributed by atoms with E-state index in [0.29, 0.717) is 11.1 Å². The van der Waals surface area contributed by atoms with Gasteiger partial charge in [-0.1, -0.05) is 36.4 Å². The van der Waals surface area contributed by atoms with Gasteiger partial charge in [0.15, 0.2) is 5.52 Å². The molecule has 2 aromatic heterocycles. The Morgan fingerprint density at radius 1 is 1.18 bits per heavy atom. The number of hydrogen-bond acceptors (Lipinski definition) is 4. The van der Waals surface area contributed by atoms with Gasteiger partial charge < -0.3 is 5.32 Å². The van der Waals surface area contributed by atoms with Crippen molar-refractivity contribution in [3.05, 3.63) is 101 Å². The van der Waals surface area contributed by atoms with Crippen molar-refractivity contribution >= 4 is 16.6 Å². The SMILES string of the molecule is O=c1c2ncccc2ncn1Cc1ccc(C2=CC3C=CNC3C=C2)cc1F. The fraction of sp³-hybridized carbons (Fsp3) is 0.136. The van der Waals surface area contributed by atoms with Crippen molar-refractivity contribution in [1.29, 1.82) is 0 Å². The van der Waals surface area contributed by atoms with Crippen LogP contribution in [-0.4, -0.2) is 20.6 Å². The first kappa shape index (κ1) is 16.6. The Morgan fingerprint density at radius 2 is 2.11 bits per heavy atom. The van der Waals surface area contributed by atoms with E-state index in [2.05, 4.69) is 33.5 Å². The fourth-order valence-corrected chi connectivity index (χ4v) is 3.65. The van der Waals surface area contributed by atoms with Crippen LogP contribution in [0, 0.1) is 11.7 Å². The van der Waals surface area contributed by atoms with Gasteiger partial charge in [0, 0.05) is 17.7 Å². The van der Waals surface area contributed by atoms with Crippen LogP contribution in [-0.2, 0) is 6.54 Å². The molecule has 2 atom stereocenters. The third-order valence-electron chi connectivity index (χ3n) is 5.19. The lowest BCUT2D eigenvalue weighted by molar-refractivity contribution is 0.594. The van der Waals surface area contributed by atoms with Crippen molar-refractivity contribution < 1.29 is 4.39 Å². The number of benzene rings is 1. The number of pyridine rings is 1. The van der Waals surface area contributed by atoms with E-state index in [1.54, 1.807) is 24.4 Å². The monoisotopic (exact) mass is 372 g/mol. The lowest BCUT2D eigenvalue weighted by Gasteiger charge is -2.19. The van der Waals surface area contributed by atoms with Crippen LogP contribution in [0.1, 0.15) is 11.1 Å². The van der Waals surface area contributed by atoms with Gasteiger partial charge in [-0.2, -0.15) is 0 Å². The molecular weight excluding hydrogens is 355 g/mol. The summed E-state index contributed by atoms with van der Waals surface area (Å²) in [4.78, 5) is 20.9. The molecule has 28 heavy (non-hydrogen) atoms. The maximum absolute atomic E-state index is 14.8. The van der Waals surface area contributed by atoms with Gasteiger partial charge in [-0.05, 0) is 35.5 Å². The Kier molecular flexibility index (Phi) is 3.90.